The summed E-state index contributed by atoms with van der Waals surface area (Å²) in [5, 5.41) is 0. The van der Waals surface area contributed by atoms with Crippen molar-refractivity contribution in [1.29, 1.82) is 0 Å². The lowest BCUT2D eigenvalue weighted by molar-refractivity contribution is 0.112. The predicted octanol–water partition coefficient (Wildman–Crippen LogP) is 4.72. The third-order valence-electron chi connectivity index (χ3n) is 5.08. The molecule has 22 heavy (non-hydrogen) atoms. The molecule has 0 heterocycles. The summed E-state index contributed by atoms with van der Waals surface area (Å²) in [5.74, 6) is 3.28. The molecule has 0 spiro atoms. The van der Waals surface area contributed by atoms with Crippen LogP contribution in [0.1, 0.15) is 62.5 Å². The van der Waals surface area contributed by atoms with Gasteiger partial charge in [-0.1, -0.05) is 36.6 Å². The molecule has 120 valence electrons. The van der Waals surface area contributed by atoms with Gasteiger partial charge in [0.1, 0.15) is 5.75 Å². The third kappa shape index (κ3) is 3.68. The molecular formula is C17H24O4P+. The van der Waals surface area contributed by atoms with Crippen molar-refractivity contribution in [3.05, 3.63) is 29.3 Å². The number of para-hydroxylation sites is 1. The highest BCUT2D eigenvalue weighted by molar-refractivity contribution is 7.32. The molecule has 1 aromatic rings. The fourth-order valence-electron chi connectivity index (χ4n) is 3.29. The molecule has 2 saturated carbocycles. The second-order valence-corrected chi connectivity index (χ2v) is 7.38. The predicted molar refractivity (Wildman–Crippen MR) is 85.1 cm³/mol. The Balaban J connectivity index is 1.86. The van der Waals surface area contributed by atoms with Crippen molar-refractivity contribution < 1.29 is 18.7 Å². The zero-order chi connectivity index (χ0) is 15.7. The fraction of sp³-hybridized carbons (Fsp3) is 0.647. The van der Waals surface area contributed by atoms with Gasteiger partial charge in [-0.05, 0) is 60.5 Å². The molecule has 2 aliphatic rings. The minimum absolute atomic E-state index is 0.176. The van der Waals surface area contributed by atoms with Gasteiger partial charge in [0.15, 0.2) is 0 Å². The van der Waals surface area contributed by atoms with Crippen molar-refractivity contribution in [2.75, 3.05) is 6.79 Å². The molecule has 3 atom stereocenters. The Morgan fingerprint density at radius 2 is 1.64 bits per heavy atom. The van der Waals surface area contributed by atoms with Gasteiger partial charge in [-0.15, -0.1) is 4.89 Å². The van der Waals surface area contributed by atoms with Gasteiger partial charge in [-0.2, -0.15) is 0 Å². The second kappa shape index (κ2) is 6.66. The first kappa shape index (κ1) is 15.9. The standard InChI is InChI=1S/C17H23O4P/c1-11(13-6-7-13)15-4-3-5-16(12(2)14-8-9-14)17(15)20-10-21-22(18)19/h3-5,11-14H,6-10H2,1-2H3/p+1/t11-,12-/m0/s1. The maximum Gasteiger partial charge on any atom is 0.698 e. The molecule has 2 fully saturated rings. The molecule has 5 heteroatoms. The van der Waals surface area contributed by atoms with E-state index in [2.05, 4.69) is 32.0 Å². The van der Waals surface area contributed by atoms with Crippen molar-refractivity contribution in [3.63, 3.8) is 0 Å². The summed E-state index contributed by atoms with van der Waals surface area (Å²) in [5.41, 5.74) is 2.42. The van der Waals surface area contributed by atoms with Crippen LogP contribution < -0.4 is 4.74 Å². The van der Waals surface area contributed by atoms with Gasteiger partial charge in [0.2, 0.25) is 6.79 Å². The number of hydrogen-bond acceptors (Lipinski definition) is 3. The Hall–Kier alpha value is -0.960. The maximum atomic E-state index is 10.7. The van der Waals surface area contributed by atoms with Crippen LogP contribution in [0.4, 0.5) is 0 Å². The maximum absolute atomic E-state index is 10.7. The molecule has 4 nitrogen and oxygen atoms in total. The van der Waals surface area contributed by atoms with E-state index in [0.29, 0.717) is 11.8 Å². The van der Waals surface area contributed by atoms with Crippen molar-refractivity contribution in [2.24, 2.45) is 11.8 Å². The molecule has 0 radical (unpaired) electrons. The largest absolute Gasteiger partial charge is 0.698 e. The van der Waals surface area contributed by atoms with Crippen LogP contribution in [0.25, 0.3) is 0 Å². The summed E-state index contributed by atoms with van der Waals surface area (Å²) < 4.78 is 21.2. The molecule has 2 aliphatic carbocycles. The summed E-state index contributed by atoms with van der Waals surface area (Å²) in [6.45, 7) is 4.32. The molecule has 0 aromatic heterocycles. The number of hydrogen-bond donors (Lipinski definition) is 1. The molecular weight excluding hydrogens is 299 g/mol. The van der Waals surface area contributed by atoms with Gasteiger partial charge in [0, 0.05) is 4.57 Å². The van der Waals surface area contributed by atoms with E-state index in [1.807, 2.05) is 0 Å². The minimum atomic E-state index is -2.62. The van der Waals surface area contributed by atoms with E-state index in [4.69, 9.17) is 14.2 Å². The zero-order valence-electron chi connectivity index (χ0n) is 13.2. The Bertz CT molecular complexity index is 515. The Morgan fingerprint density at radius 3 is 2.05 bits per heavy atom. The summed E-state index contributed by atoms with van der Waals surface area (Å²) in [4.78, 5) is 8.79. The molecule has 0 bridgehead atoms. The fourth-order valence-corrected chi connectivity index (χ4v) is 3.43. The van der Waals surface area contributed by atoms with Gasteiger partial charge in [0.05, 0.1) is 0 Å². The highest BCUT2D eigenvalue weighted by Gasteiger charge is 2.35. The summed E-state index contributed by atoms with van der Waals surface area (Å²) >= 11 is 0. The zero-order valence-corrected chi connectivity index (χ0v) is 14.1. The molecule has 0 saturated heterocycles. The van der Waals surface area contributed by atoms with Crippen LogP contribution in [0.5, 0.6) is 5.75 Å². The molecule has 1 unspecified atom stereocenters. The van der Waals surface area contributed by atoms with E-state index in [1.165, 1.54) is 36.8 Å². The summed E-state index contributed by atoms with van der Waals surface area (Å²) in [6.07, 6.45) is 5.12. The number of ether oxygens (including phenoxy) is 1. The van der Waals surface area contributed by atoms with Crippen LogP contribution in [0, 0.1) is 11.8 Å². The van der Waals surface area contributed by atoms with Crippen LogP contribution in [0.2, 0.25) is 0 Å². The Kier molecular flexibility index (Phi) is 4.82. The van der Waals surface area contributed by atoms with Gasteiger partial charge in [-0.3, -0.25) is 0 Å². The molecule has 0 aliphatic heterocycles. The molecule has 3 rings (SSSR count). The molecule has 0 amide bonds. The minimum Gasteiger partial charge on any atom is -0.462 e. The average Bonchev–Trinajstić information content (AvgIpc) is 3.38. The van der Waals surface area contributed by atoms with E-state index in [0.717, 1.165) is 17.6 Å². The highest BCUT2D eigenvalue weighted by atomic mass is 31.1. The van der Waals surface area contributed by atoms with Crippen molar-refractivity contribution in [3.8, 4) is 5.75 Å². The quantitative estimate of drug-likeness (QED) is 0.556. The van der Waals surface area contributed by atoms with E-state index in [9.17, 15) is 4.57 Å². The van der Waals surface area contributed by atoms with Crippen LogP contribution in [0.3, 0.4) is 0 Å². The Morgan fingerprint density at radius 1 is 1.14 bits per heavy atom. The number of benzene rings is 1. The number of rotatable bonds is 8. The van der Waals surface area contributed by atoms with Crippen molar-refractivity contribution >= 4 is 8.25 Å². The first-order valence-electron chi connectivity index (χ1n) is 8.12. The van der Waals surface area contributed by atoms with Crippen LogP contribution in [-0.4, -0.2) is 11.7 Å². The van der Waals surface area contributed by atoms with Crippen LogP contribution in [0.15, 0.2) is 18.2 Å². The topological polar surface area (TPSA) is 55.8 Å². The normalized spacial score (nSPS) is 21.3. The molecule has 1 aromatic carbocycles. The second-order valence-electron chi connectivity index (χ2n) is 6.65. The van der Waals surface area contributed by atoms with Crippen molar-refractivity contribution in [1.82, 2.24) is 0 Å². The van der Waals surface area contributed by atoms with Crippen LogP contribution in [-0.2, 0) is 9.09 Å². The van der Waals surface area contributed by atoms with Gasteiger partial charge < -0.3 is 4.74 Å². The van der Waals surface area contributed by atoms with Gasteiger partial charge in [0.25, 0.3) is 0 Å². The van der Waals surface area contributed by atoms with Gasteiger partial charge >= 0.3 is 8.25 Å². The average molecular weight is 323 g/mol. The lowest BCUT2D eigenvalue weighted by Gasteiger charge is -2.22. The SMILES string of the molecule is C[C@H](c1cccc([C@@H](C)C2CC2)c1OCO[P+](=O)O)C1CC1. The van der Waals surface area contributed by atoms with E-state index in [-0.39, 0.29) is 6.79 Å². The summed E-state index contributed by atoms with van der Waals surface area (Å²) in [6, 6.07) is 6.36. The van der Waals surface area contributed by atoms with Gasteiger partial charge in [-0.25, -0.2) is 0 Å². The van der Waals surface area contributed by atoms with E-state index < -0.39 is 8.25 Å². The third-order valence-corrected chi connectivity index (χ3v) is 5.41. The highest BCUT2D eigenvalue weighted by Crippen LogP contribution is 2.49. The summed E-state index contributed by atoms with van der Waals surface area (Å²) in [7, 11) is -2.62. The lowest BCUT2D eigenvalue weighted by Crippen LogP contribution is -2.09. The van der Waals surface area contributed by atoms with Crippen molar-refractivity contribution in [2.45, 2.75) is 51.4 Å². The molecule has 1 N–H and O–H groups in total. The monoisotopic (exact) mass is 323 g/mol. The lowest BCUT2D eigenvalue weighted by atomic mass is 9.88. The van der Waals surface area contributed by atoms with E-state index in [1.54, 1.807) is 0 Å². The first-order valence-corrected chi connectivity index (χ1v) is 9.25. The van der Waals surface area contributed by atoms with E-state index >= 15 is 0 Å². The van der Waals surface area contributed by atoms with Crippen LogP contribution >= 0.6 is 8.25 Å². The first-order chi connectivity index (χ1) is 10.6. The Labute approximate surface area is 132 Å². The smallest absolute Gasteiger partial charge is 0.462 e.